The van der Waals surface area contributed by atoms with Crippen LogP contribution in [0.2, 0.25) is 0 Å². The molecule has 0 rings (SSSR count). The Hall–Kier alpha value is -2.81. The van der Waals surface area contributed by atoms with Crippen molar-refractivity contribution in [3.05, 3.63) is 85.1 Å². The van der Waals surface area contributed by atoms with Gasteiger partial charge in [-0.3, -0.25) is 14.2 Å². The summed E-state index contributed by atoms with van der Waals surface area (Å²) in [6.07, 6.45) is 81.5. The Morgan fingerprint density at radius 1 is 0.439 bits per heavy atom. The molecule has 0 fully saturated rings. The minimum Gasteiger partial charge on any atom is -0.756 e. The summed E-state index contributed by atoms with van der Waals surface area (Å²) in [6.45, 7) is 6.69. The van der Waals surface area contributed by atoms with Crippen LogP contribution in [0.3, 0.4) is 0 Å². The van der Waals surface area contributed by atoms with Gasteiger partial charge in [0.05, 0.1) is 33.8 Å². The summed E-state index contributed by atoms with van der Waals surface area (Å²) in [5.41, 5.74) is 0. The number of carbonyl (C=O) groups is 2. The SMILES string of the molecule is CC\C=C/C=C/C=C/C=C\C=C\C=C\CCCCCC(=O)NC(COP(=O)([O-])OCC[N+](C)(C)C)C(/C=C\CCCCCCCCCCCC)OC(=O)CCCCCCCCCCCCCCCCCCCCCCCCCCCCC. The molecule has 0 aromatic heterocycles. The van der Waals surface area contributed by atoms with E-state index in [-0.39, 0.29) is 31.3 Å². The summed E-state index contributed by atoms with van der Waals surface area (Å²) in [5.74, 6) is -0.585. The van der Waals surface area contributed by atoms with Crippen molar-refractivity contribution in [3.63, 3.8) is 0 Å². The fourth-order valence-corrected chi connectivity index (χ4v) is 10.7. The fourth-order valence-electron chi connectivity index (χ4n) is 9.97. The van der Waals surface area contributed by atoms with E-state index in [4.69, 9.17) is 13.8 Å². The second-order valence-electron chi connectivity index (χ2n) is 24.5. The average molecular weight is 1170 g/mol. The number of hydrogen-bond acceptors (Lipinski definition) is 7. The molecule has 0 bridgehead atoms. The molecule has 3 unspecified atom stereocenters. The van der Waals surface area contributed by atoms with E-state index < -0.39 is 26.6 Å². The number of hydrogen-bond donors (Lipinski definition) is 1. The lowest BCUT2D eigenvalue weighted by Crippen LogP contribution is -2.47. The molecule has 1 N–H and O–H groups in total. The number of unbranched alkanes of at least 4 members (excludes halogenated alkanes) is 39. The maximum absolute atomic E-state index is 13.5. The quantitative estimate of drug-likeness (QED) is 0.0161. The molecule has 82 heavy (non-hydrogen) atoms. The normalized spacial score (nSPS) is 14.1. The predicted octanol–water partition coefficient (Wildman–Crippen LogP) is 21.1. The topological polar surface area (TPSA) is 114 Å². The van der Waals surface area contributed by atoms with Gasteiger partial charge in [-0.1, -0.05) is 331 Å². The van der Waals surface area contributed by atoms with Gasteiger partial charge in [0, 0.05) is 12.8 Å². The second kappa shape index (κ2) is 61.3. The first kappa shape index (κ1) is 79.2. The van der Waals surface area contributed by atoms with E-state index >= 15 is 0 Å². The lowest BCUT2D eigenvalue weighted by Gasteiger charge is -2.30. The van der Waals surface area contributed by atoms with Crippen molar-refractivity contribution < 1.29 is 37.3 Å². The number of quaternary nitrogens is 1. The number of esters is 1. The van der Waals surface area contributed by atoms with Gasteiger partial charge in [0.25, 0.3) is 7.82 Å². The van der Waals surface area contributed by atoms with Crippen molar-refractivity contribution in [1.29, 1.82) is 0 Å². The molecule has 0 saturated carbocycles. The Morgan fingerprint density at radius 3 is 1.18 bits per heavy atom. The molecule has 476 valence electrons. The molecule has 10 heteroatoms. The van der Waals surface area contributed by atoms with E-state index in [9.17, 15) is 19.0 Å². The minimum atomic E-state index is -4.72. The molecule has 0 aromatic rings. The lowest BCUT2D eigenvalue weighted by molar-refractivity contribution is -0.870. The van der Waals surface area contributed by atoms with Crippen LogP contribution in [0.1, 0.15) is 310 Å². The fraction of sp³-hybridized carbons (Fsp3) is 0.778. The second-order valence-corrected chi connectivity index (χ2v) is 25.9. The van der Waals surface area contributed by atoms with Crippen LogP contribution >= 0.6 is 7.82 Å². The molecule has 0 heterocycles. The maximum Gasteiger partial charge on any atom is 0.306 e. The van der Waals surface area contributed by atoms with E-state index in [1.165, 1.54) is 205 Å². The minimum absolute atomic E-state index is 0.0338. The number of likely N-dealkylation sites (N-methyl/N-ethyl adjacent to an activating group) is 1. The van der Waals surface area contributed by atoms with Crippen LogP contribution in [0.4, 0.5) is 0 Å². The zero-order chi connectivity index (χ0) is 60.0. The van der Waals surface area contributed by atoms with E-state index in [1.807, 2.05) is 94.1 Å². The molecule has 0 radical (unpaired) electrons. The maximum atomic E-state index is 13.5. The molecule has 9 nitrogen and oxygen atoms in total. The van der Waals surface area contributed by atoms with Crippen LogP contribution in [-0.2, 0) is 27.9 Å². The third-order valence-electron chi connectivity index (χ3n) is 15.3. The van der Waals surface area contributed by atoms with Gasteiger partial charge in [0.15, 0.2) is 0 Å². The van der Waals surface area contributed by atoms with Crippen molar-refractivity contribution >= 4 is 19.7 Å². The summed E-state index contributed by atoms with van der Waals surface area (Å²) in [4.78, 5) is 40.1. The number of carbonyl (C=O) groups excluding carboxylic acids is 2. The smallest absolute Gasteiger partial charge is 0.306 e. The van der Waals surface area contributed by atoms with Crippen LogP contribution in [0.5, 0.6) is 0 Å². The van der Waals surface area contributed by atoms with Crippen LogP contribution < -0.4 is 10.2 Å². The number of nitrogens with one attached hydrogen (secondary N) is 1. The standard InChI is InChI=1S/C72H131N2O7P/c1-7-10-13-16-19-22-25-28-30-32-33-34-35-36-37-38-39-40-41-43-45-47-50-53-56-59-62-65-72(76)81-70(63-60-57-54-51-48-27-24-21-18-15-12-9-3)69(68-80-82(77,78)79-67-66-74(4,5)6)73-71(75)64-61-58-55-52-49-46-44-42-31-29-26-23-20-17-14-11-8-2/h11,14,17,20,23,26,29,31,42,44,46,49,60,63,69-70H,7-10,12-13,15-16,18-19,21-22,24-25,27-28,30,32-41,43,45,47-48,50-59,61-62,64-68H2,1-6H3,(H-,73,75,77,78)/b14-11-,20-17+,26-23+,31-29-,44-42+,49-46+,63-60-. The molecule has 0 saturated heterocycles. The third kappa shape index (κ3) is 61.7. The summed E-state index contributed by atoms with van der Waals surface area (Å²) in [7, 11) is 1.15. The zero-order valence-electron chi connectivity index (χ0n) is 54.4. The Bertz CT molecular complexity index is 1680. The van der Waals surface area contributed by atoms with Gasteiger partial charge < -0.3 is 28.5 Å². The Balaban J connectivity index is 5.07. The Kier molecular flexibility index (Phi) is 59.2. The average Bonchev–Trinajstić information content (AvgIpc) is 3.44. The third-order valence-corrected chi connectivity index (χ3v) is 16.2. The van der Waals surface area contributed by atoms with Gasteiger partial charge in [-0.15, -0.1) is 0 Å². The number of allylic oxidation sites excluding steroid dienone is 13. The largest absolute Gasteiger partial charge is 0.756 e. The highest BCUT2D eigenvalue weighted by Gasteiger charge is 2.27. The predicted molar refractivity (Wildman–Crippen MR) is 353 cm³/mol. The van der Waals surface area contributed by atoms with Crippen LogP contribution in [0.15, 0.2) is 85.1 Å². The number of ether oxygens (including phenoxy) is 1. The molecular formula is C72H131N2O7P. The van der Waals surface area contributed by atoms with Gasteiger partial charge in [-0.2, -0.15) is 0 Å². The van der Waals surface area contributed by atoms with Crippen LogP contribution in [0, 0.1) is 0 Å². The molecule has 0 aromatic carbocycles. The number of phosphoric acid groups is 1. The van der Waals surface area contributed by atoms with Gasteiger partial charge in [0.2, 0.25) is 5.91 Å². The first-order chi connectivity index (χ1) is 39.9. The molecule has 0 aliphatic heterocycles. The zero-order valence-corrected chi connectivity index (χ0v) is 55.3. The number of phosphoric ester groups is 1. The van der Waals surface area contributed by atoms with E-state index in [0.717, 1.165) is 64.2 Å². The van der Waals surface area contributed by atoms with Crippen molar-refractivity contribution in [1.82, 2.24) is 5.32 Å². The number of amides is 1. The Labute approximate surface area is 507 Å². The molecule has 0 aliphatic rings. The lowest BCUT2D eigenvalue weighted by atomic mass is 10.0. The number of rotatable bonds is 62. The molecule has 0 spiro atoms. The molecule has 0 aliphatic carbocycles. The molecule has 1 amide bonds. The summed E-state index contributed by atoms with van der Waals surface area (Å²) in [6, 6.07) is -0.915. The van der Waals surface area contributed by atoms with E-state index in [1.54, 1.807) is 0 Å². The summed E-state index contributed by atoms with van der Waals surface area (Å²) in [5, 5.41) is 3.01. The van der Waals surface area contributed by atoms with E-state index in [2.05, 4.69) is 38.2 Å². The highest BCUT2D eigenvalue weighted by atomic mass is 31.2. The van der Waals surface area contributed by atoms with Gasteiger partial charge in [0.1, 0.15) is 19.3 Å². The van der Waals surface area contributed by atoms with Crippen molar-refractivity contribution in [2.75, 3.05) is 40.9 Å². The van der Waals surface area contributed by atoms with Crippen LogP contribution in [0.25, 0.3) is 0 Å². The summed E-state index contributed by atoms with van der Waals surface area (Å²) >= 11 is 0. The summed E-state index contributed by atoms with van der Waals surface area (Å²) < 4.78 is 30.4. The molecular weight excluding hydrogens is 1040 g/mol. The van der Waals surface area contributed by atoms with Gasteiger partial charge in [-0.05, 0) is 51.0 Å². The van der Waals surface area contributed by atoms with Gasteiger partial charge >= 0.3 is 5.97 Å². The van der Waals surface area contributed by atoms with Crippen molar-refractivity contribution in [3.8, 4) is 0 Å². The van der Waals surface area contributed by atoms with E-state index in [0.29, 0.717) is 17.4 Å². The monoisotopic (exact) mass is 1170 g/mol. The van der Waals surface area contributed by atoms with Crippen molar-refractivity contribution in [2.24, 2.45) is 0 Å². The molecule has 3 atom stereocenters. The Morgan fingerprint density at radius 2 is 0.780 bits per heavy atom. The highest BCUT2D eigenvalue weighted by Crippen LogP contribution is 2.38. The first-order valence-corrected chi connectivity index (χ1v) is 35.9. The highest BCUT2D eigenvalue weighted by molar-refractivity contribution is 7.45. The van der Waals surface area contributed by atoms with Gasteiger partial charge in [-0.25, -0.2) is 0 Å². The van der Waals surface area contributed by atoms with Crippen molar-refractivity contribution in [2.45, 2.75) is 322 Å². The first-order valence-electron chi connectivity index (χ1n) is 34.5. The van der Waals surface area contributed by atoms with Crippen LogP contribution in [-0.4, -0.2) is 69.4 Å². The number of nitrogens with zero attached hydrogens (tertiary/aromatic N) is 1.